The lowest BCUT2D eigenvalue weighted by atomic mass is 10.1. The van der Waals surface area contributed by atoms with Crippen LogP contribution in [0.15, 0.2) is 12.3 Å². The Kier molecular flexibility index (Phi) is 9.68. The van der Waals surface area contributed by atoms with Crippen molar-refractivity contribution in [2.24, 2.45) is 5.73 Å². The van der Waals surface area contributed by atoms with Gasteiger partial charge in [0.15, 0.2) is 0 Å². The van der Waals surface area contributed by atoms with Crippen molar-refractivity contribution in [3.63, 3.8) is 0 Å². The zero-order valence-corrected chi connectivity index (χ0v) is 14.1. The van der Waals surface area contributed by atoms with Gasteiger partial charge in [0.1, 0.15) is 17.9 Å². The Hall–Kier alpha value is -2.06. The summed E-state index contributed by atoms with van der Waals surface area (Å²) in [6, 6.07) is 1.86. The SMILES string of the molecule is CC(C)(C)OC1CN(c2ccnc(CC=O)n2)C1.CO.NC=O. The zero-order valence-electron chi connectivity index (χ0n) is 14.1. The summed E-state index contributed by atoms with van der Waals surface area (Å²) in [6.45, 7) is 7.86. The van der Waals surface area contributed by atoms with Gasteiger partial charge in [-0.3, -0.25) is 4.79 Å². The van der Waals surface area contributed by atoms with E-state index in [4.69, 9.17) is 14.6 Å². The van der Waals surface area contributed by atoms with Crippen molar-refractivity contribution < 1.29 is 19.4 Å². The first kappa shape index (κ1) is 20.9. The Morgan fingerprint density at radius 3 is 2.43 bits per heavy atom. The standard InChI is InChI=1S/C13H19N3O2.CH3NO.CH4O/c1-13(2,3)18-10-8-16(9-10)12-4-6-14-11(15-12)5-7-17;2-1-3;1-2/h4,6-7,10H,5,8-9H2,1-3H3;1H,(H2,2,3);2H,1H3. The van der Waals surface area contributed by atoms with Crippen molar-refractivity contribution in [3.05, 3.63) is 18.1 Å². The second kappa shape index (κ2) is 10.6. The van der Waals surface area contributed by atoms with Crippen molar-refractivity contribution in [2.75, 3.05) is 25.1 Å². The second-order valence-corrected chi connectivity index (χ2v) is 5.60. The number of aromatic nitrogens is 2. The molecule has 0 saturated carbocycles. The summed E-state index contributed by atoms with van der Waals surface area (Å²) in [7, 11) is 1.00. The first-order valence-electron chi connectivity index (χ1n) is 7.18. The first-order chi connectivity index (χ1) is 10.9. The maximum atomic E-state index is 10.4. The number of primary amides is 1. The van der Waals surface area contributed by atoms with E-state index in [1.165, 1.54) is 0 Å². The molecule has 0 atom stereocenters. The summed E-state index contributed by atoms with van der Waals surface area (Å²) < 4.78 is 5.86. The molecule has 2 heterocycles. The lowest BCUT2D eigenvalue weighted by Crippen LogP contribution is -2.54. The van der Waals surface area contributed by atoms with Gasteiger partial charge in [-0.05, 0) is 26.8 Å². The molecule has 1 aliphatic heterocycles. The van der Waals surface area contributed by atoms with Crippen LogP contribution in [0.4, 0.5) is 5.82 Å². The van der Waals surface area contributed by atoms with Crippen molar-refractivity contribution in [1.29, 1.82) is 0 Å². The van der Waals surface area contributed by atoms with Gasteiger partial charge in [-0.1, -0.05) is 0 Å². The average molecular weight is 326 g/mol. The first-order valence-corrected chi connectivity index (χ1v) is 7.18. The molecule has 1 fully saturated rings. The number of hydrogen-bond acceptors (Lipinski definition) is 7. The van der Waals surface area contributed by atoms with Gasteiger partial charge < -0.3 is 25.3 Å². The molecule has 23 heavy (non-hydrogen) atoms. The molecule has 2 rings (SSSR count). The molecule has 1 amide bonds. The van der Waals surface area contributed by atoms with E-state index in [1.54, 1.807) is 6.20 Å². The van der Waals surface area contributed by atoms with Crippen LogP contribution in [0.25, 0.3) is 0 Å². The fourth-order valence-corrected chi connectivity index (χ4v) is 1.94. The van der Waals surface area contributed by atoms with Gasteiger partial charge in [0, 0.05) is 26.4 Å². The van der Waals surface area contributed by atoms with E-state index in [1.807, 2.05) is 6.07 Å². The van der Waals surface area contributed by atoms with Gasteiger partial charge in [-0.2, -0.15) is 0 Å². The zero-order chi connectivity index (χ0) is 17.9. The molecular formula is C15H26N4O4. The minimum Gasteiger partial charge on any atom is -0.400 e. The van der Waals surface area contributed by atoms with E-state index in [0.717, 1.165) is 32.3 Å². The maximum absolute atomic E-state index is 10.4. The number of aliphatic hydroxyl groups is 1. The number of nitrogens with two attached hydrogens (primary N) is 1. The smallest absolute Gasteiger partial charge is 0.204 e. The summed E-state index contributed by atoms with van der Waals surface area (Å²) in [5.41, 5.74) is 4.06. The van der Waals surface area contributed by atoms with Crippen LogP contribution in [0.3, 0.4) is 0 Å². The van der Waals surface area contributed by atoms with Crippen LogP contribution in [0.2, 0.25) is 0 Å². The molecule has 0 spiro atoms. The van der Waals surface area contributed by atoms with Crippen LogP contribution in [-0.2, 0) is 20.7 Å². The summed E-state index contributed by atoms with van der Waals surface area (Å²) in [6.07, 6.45) is 3.29. The van der Waals surface area contributed by atoms with E-state index in [2.05, 4.69) is 41.4 Å². The third-order valence-corrected chi connectivity index (χ3v) is 2.65. The van der Waals surface area contributed by atoms with Crippen molar-refractivity contribution in [1.82, 2.24) is 9.97 Å². The molecule has 130 valence electrons. The number of rotatable bonds is 4. The predicted molar refractivity (Wildman–Crippen MR) is 87.0 cm³/mol. The van der Waals surface area contributed by atoms with Crippen molar-refractivity contribution >= 4 is 18.5 Å². The van der Waals surface area contributed by atoms with Crippen LogP contribution < -0.4 is 10.6 Å². The Morgan fingerprint density at radius 2 is 1.96 bits per heavy atom. The van der Waals surface area contributed by atoms with E-state index in [0.29, 0.717) is 5.82 Å². The lowest BCUT2D eigenvalue weighted by molar-refractivity contribution is -0.108. The number of hydrogen-bond donors (Lipinski definition) is 2. The maximum Gasteiger partial charge on any atom is 0.204 e. The highest BCUT2D eigenvalue weighted by atomic mass is 16.5. The van der Waals surface area contributed by atoms with Crippen LogP contribution in [-0.4, -0.2) is 59.7 Å². The van der Waals surface area contributed by atoms with Crippen LogP contribution >= 0.6 is 0 Å². The van der Waals surface area contributed by atoms with Crippen LogP contribution in [0, 0.1) is 0 Å². The Morgan fingerprint density at radius 1 is 1.39 bits per heavy atom. The molecule has 8 nitrogen and oxygen atoms in total. The Bertz CT molecular complexity index is 471. The Balaban J connectivity index is 0.000000868. The normalized spacial score (nSPS) is 13.7. The minimum absolute atomic E-state index is 0.106. The number of anilines is 1. The van der Waals surface area contributed by atoms with E-state index < -0.39 is 0 Å². The van der Waals surface area contributed by atoms with E-state index in [-0.39, 0.29) is 24.5 Å². The van der Waals surface area contributed by atoms with Gasteiger partial charge in [0.25, 0.3) is 0 Å². The summed E-state index contributed by atoms with van der Waals surface area (Å²) in [5, 5.41) is 7.00. The molecule has 1 aromatic heterocycles. The highest BCUT2D eigenvalue weighted by Crippen LogP contribution is 2.23. The van der Waals surface area contributed by atoms with Gasteiger partial charge >= 0.3 is 0 Å². The topological polar surface area (TPSA) is 119 Å². The molecule has 0 bridgehead atoms. The fraction of sp³-hybridized carbons (Fsp3) is 0.600. The summed E-state index contributed by atoms with van der Waals surface area (Å²) in [5.74, 6) is 1.44. The van der Waals surface area contributed by atoms with E-state index >= 15 is 0 Å². The molecule has 0 aromatic carbocycles. The molecule has 0 unspecified atom stereocenters. The number of aliphatic hydroxyl groups excluding tert-OH is 1. The molecular weight excluding hydrogens is 300 g/mol. The van der Waals surface area contributed by atoms with Crippen LogP contribution in [0.1, 0.15) is 26.6 Å². The number of carbonyl (C=O) groups excluding carboxylic acids is 2. The highest BCUT2D eigenvalue weighted by molar-refractivity contribution is 5.53. The van der Waals surface area contributed by atoms with Gasteiger partial charge in [0.05, 0.1) is 18.1 Å². The van der Waals surface area contributed by atoms with Gasteiger partial charge in [-0.25, -0.2) is 9.97 Å². The molecule has 3 N–H and O–H groups in total. The lowest BCUT2D eigenvalue weighted by Gasteiger charge is -2.42. The molecule has 1 aromatic rings. The van der Waals surface area contributed by atoms with Gasteiger partial charge in [-0.15, -0.1) is 0 Å². The minimum atomic E-state index is -0.106. The molecule has 0 radical (unpaired) electrons. The van der Waals surface area contributed by atoms with Gasteiger partial charge in [0.2, 0.25) is 6.41 Å². The number of carbonyl (C=O) groups is 2. The fourth-order valence-electron chi connectivity index (χ4n) is 1.94. The number of aldehydes is 1. The Labute approximate surface area is 136 Å². The molecule has 1 aliphatic rings. The van der Waals surface area contributed by atoms with E-state index in [9.17, 15) is 4.79 Å². The van der Waals surface area contributed by atoms with Crippen molar-refractivity contribution in [2.45, 2.75) is 38.9 Å². The monoisotopic (exact) mass is 326 g/mol. The van der Waals surface area contributed by atoms with Crippen molar-refractivity contribution in [3.8, 4) is 0 Å². The average Bonchev–Trinajstić information content (AvgIpc) is 2.45. The molecule has 8 heteroatoms. The highest BCUT2D eigenvalue weighted by Gasteiger charge is 2.31. The third-order valence-electron chi connectivity index (χ3n) is 2.65. The quantitative estimate of drug-likeness (QED) is 0.743. The summed E-state index contributed by atoms with van der Waals surface area (Å²) >= 11 is 0. The predicted octanol–water partition coefficient (Wildman–Crippen LogP) is -0.0683. The molecule has 0 aliphatic carbocycles. The number of ether oxygens (including phenoxy) is 1. The summed E-state index contributed by atoms with van der Waals surface area (Å²) in [4.78, 5) is 29.5. The number of nitrogens with zero attached hydrogens (tertiary/aromatic N) is 3. The largest absolute Gasteiger partial charge is 0.400 e. The second-order valence-electron chi connectivity index (χ2n) is 5.60. The number of amides is 1. The molecule has 1 saturated heterocycles. The third kappa shape index (κ3) is 8.22. The van der Waals surface area contributed by atoms with Crippen LogP contribution in [0.5, 0.6) is 0 Å².